The van der Waals surface area contributed by atoms with Crippen LogP contribution in [0, 0.1) is 10.1 Å². The van der Waals surface area contributed by atoms with Gasteiger partial charge in [-0.05, 0) is 36.2 Å². The fourth-order valence-electron chi connectivity index (χ4n) is 2.80. The Morgan fingerprint density at radius 3 is 2.85 bits per heavy atom. The molecule has 0 spiro atoms. The van der Waals surface area contributed by atoms with Crippen LogP contribution >= 0.6 is 0 Å². The molecule has 1 aromatic carbocycles. The van der Waals surface area contributed by atoms with Crippen LogP contribution in [0.5, 0.6) is 5.75 Å². The van der Waals surface area contributed by atoms with Crippen LogP contribution in [0.3, 0.4) is 0 Å². The summed E-state index contributed by atoms with van der Waals surface area (Å²) >= 11 is 0. The average molecular weight is 354 g/mol. The van der Waals surface area contributed by atoms with Crippen LogP contribution in [-0.2, 0) is 4.79 Å². The lowest BCUT2D eigenvalue weighted by atomic mass is 9.99. The van der Waals surface area contributed by atoms with Crippen LogP contribution in [0.1, 0.15) is 37.1 Å². The van der Waals surface area contributed by atoms with Crippen LogP contribution in [0.15, 0.2) is 47.2 Å². The number of carbonyl (C=O) groups excluding carboxylic acids is 1. The average Bonchev–Trinajstić information content (AvgIpc) is 3.15. The molecule has 8 nitrogen and oxygen atoms in total. The number of nitrogens with one attached hydrogen (secondary N) is 1. The summed E-state index contributed by atoms with van der Waals surface area (Å²) in [6.07, 6.45) is 3.70. The van der Waals surface area contributed by atoms with Crippen molar-refractivity contribution in [2.24, 2.45) is 0 Å². The van der Waals surface area contributed by atoms with Gasteiger partial charge in [-0.25, -0.2) is 0 Å². The number of nitrogens with zero attached hydrogens (tertiary/aromatic N) is 2. The predicted molar refractivity (Wildman–Crippen MR) is 91.4 cm³/mol. The Balaban J connectivity index is 2.20. The molecule has 0 bridgehead atoms. The Labute approximate surface area is 148 Å². The largest absolute Gasteiger partial charge is 0.871 e. The number of non-ortho nitro benzene ring substituents is 1. The number of benzene rings is 1. The minimum Gasteiger partial charge on any atom is -0.871 e. The lowest BCUT2D eigenvalue weighted by molar-refractivity contribution is -0.383. The molecule has 8 heteroatoms. The topological polar surface area (TPSA) is 121 Å². The molecule has 0 unspecified atom stereocenters. The number of aromatic nitrogens is 1. The Morgan fingerprint density at radius 2 is 2.19 bits per heavy atom. The highest BCUT2D eigenvalue weighted by molar-refractivity contribution is 5.93. The molecule has 0 aliphatic heterocycles. The van der Waals surface area contributed by atoms with Crippen LogP contribution in [0.25, 0.3) is 10.9 Å². The Kier molecular flexibility index (Phi) is 4.83. The summed E-state index contributed by atoms with van der Waals surface area (Å²) in [7, 11) is 0. The van der Waals surface area contributed by atoms with E-state index in [1.807, 2.05) is 6.92 Å². The van der Waals surface area contributed by atoms with Crippen LogP contribution < -0.4 is 10.4 Å². The smallest absolute Gasteiger partial charge is 0.279 e. The van der Waals surface area contributed by atoms with E-state index in [0.717, 1.165) is 0 Å². The number of amides is 1. The first-order valence-corrected chi connectivity index (χ1v) is 8.08. The second kappa shape index (κ2) is 7.22. The van der Waals surface area contributed by atoms with Gasteiger partial charge < -0.3 is 14.8 Å². The highest BCUT2D eigenvalue weighted by atomic mass is 16.6. The minimum absolute atomic E-state index is 0.0157. The van der Waals surface area contributed by atoms with E-state index in [-0.39, 0.29) is 34.5 Å². The molecule has 2 heterocycles. The summed E-state index contributed by atoms with van der Waals surface area (Å²) in [5.74, 6) is -0.447. The third kappa shape index (κ3) is 3.21. The second-order valence-corrected chi connectivity index (χ2v) is 5.74. The van der Waals surface area contributed by atoms with Crippen molar-refractivity contribution in [2.75, 3.05) is 0 Å². The van der Waals surface area contributed by atoms with E-state index in [2.05, 4.69) is 10.3 Å². The lowest BCUT2D eigenvalue weighted by Gasteiger charge is -2.23. The maximum Gasteiger partial charge on any atom is 0.279 e. The number of fused-ring (bicyclic) bond motifs is 1. The zero-order chi connectivity index (χ0) is 18.7. The molecule has 0 fully saturated rings. The summed E-state index contributed by atoms with van der Waals surface area (Å²) in [6, 6.07) is 6.48. The van der Waals surface area contributed by atoms with Crippen molar-refractivity contribution >= 4 is 22.5 Å². The summed E-state index contributed by atoms with van der Waals surface area (Å²) in [6.45, 7) is 1.85. The Hall–Kier alpha value is -3.42. The molecular formula is C18H16N3O5-. The molecule has 0 aliphatic carbocycles. The molecule has 0 saturated heterocycles. The molecule has 1 atom stereocenters. The fourth-order valence-corrected chi connectivity index (χ4v) is 2.80. The predicted octanol–water partition coefficient (Wildman–Crippen LogP) is 2.82. The fraction of sp³-hybridized carbons (Fsp3) is 0.222. The van der Waals surface area contributed by atoms with Gasteiger partial charge in [0.05, 0.1) is 22.1 Å². The van der Waals surface area contributed by atoms with Crippen molar-refractivity contribution in [3.63, 3.8) is 0 Å². The van der Waals surface area contributed by atoms with E-state index in [0.29, 0.717) is 12.2 Å². The van der Waals surface area contributed by atoms with E-state index in [4.69, 9.17) is 4.42 Å². The number of rotatable bonds is 6. The number of carbonyl (C=O) groups is 1. The minimum atomic E-state index is -0.929. The first-order valence-electron chi connectivity index (χ1n) is 8.08. The van der Waals surface area contributed by atoms with Gasteiger partial charge >= 0.3 is 0 Å². The summed E-state index contributed by atoms with van der Waals surface area (Å²) in [5, 5.41) is 27.3. The third-order valence-corrected chi connectivity index (χ3v) is 3.97. The number of hydrogen-bond acceptors (Lipinski definition) is 6. The van der Waals surface area contributed by atoms with Crippen molar-refractivity contribution in [3.05, 3.63) is 64.2 Å². The molecular weight excluding hydrogens is 338 g/mol. The van der Waals surface area contributed by atoms with E-state index in [1.165, 1.54) is 30.7 Å². The Bertz CT molecular complexity index is 953. The normalized spacial score (nSPS) is 12.0. The molecule has 0 radical (unpaired) electrons. The van der Waals surface area contributed by atoms with Crippen LogP contribution in [-0.4, -0.2) is 15.8 Å². The van der Waals surface area contributed by atoms with Crippen molar-refractivity contribution < 1.29 is 19.2 Å². The maximum atomic E-state index is 12.9. The molecule has 3 aromatic rings. The molecule has 1 N–H and O–H groups in total. The molecule has 0 aliphatic rings. The standard InChI is InChI=1S/C18H17N3O5/c1-2-5-15(22)20-16(14-7-4-9-26-14)12-10-13(21(24)25)11-6-3-8-19-17(11)18(12)23/h3-4,6-10,16,23H,2,5H2,1H3,(H,20,22)/p-1/t16-/m1/s1. The summed E-state index contributed by atoms with van der Waals surface area (Å²) in [4.78, 5) is 27.0. The van der Waals surface area contributed by atoms with Crippen molar-refractivity contribution in [2.45, 2.75) is 25.8 Å². The van der Waals surface area contributed by atoms with Gasteiger partial charge in [0.1, 0.15) is 11.8 Å². The molecule has 26 heavy (non-hydrogen) atoms. The monoisotopic (exact) mass is 354 g/mol. The SMILES string of the molecule is CCCC(=O)N[C@@H](c1ccco1)c1cc([N+](=O)[O-])c2cccnc2c1[O-]. The van der Waals surface area contributed by atoms with Crippen LogP contribution in [0.2, 0.25) is 0 Å². The van der Waals surface area contributed by atoms with Crippen LogP contribution in [0.4, 0.5) is 5.69 Å². The van der Waals surface area contributed by atoms with E-state index < -0.39 is 16.7 Å². The zero-order valence-electron chi connectivity index (χ0n) is 14.0. The molecule has 2 aromatic heterocycles. The molecule has 134 valence electrons. The number of pyridine rings is 1. The summed E-state index contributed by atoms with van der Waals surface area (Å²) < 4.78 is 5.35. The summed E-state index contributed by atoms with van der Waals surface area (Å²) in [5.41, 5.74) is -0.218. The van der Waals surface area contributed by atoms with Crippen molar-refractivity contribution in [3.8, 4) is 5.75 Å². The third-order valence-electron chi connectivity index (χ3n) is 3.97. The van der Waals surface area contributed by atoms with Gasteiger partial charge in [-0.2, -0.15) is 0 Å². The molecule has 3 rings (SSSR count). The molecule has 0 saturated carbocycles. The van der Waals surface area contributed by atoms with Crippen molar-refractivity contribution in [1.29, 1.82) is 0 Å². The van der Waals surface area contributed by atoms with Gasteiger partial charge in [-0.1, -0.05) is 12.7 Å². The number of furan rings is 1. The van der Waals surface area contributed by atoms with Gasteiger partial charge in [0.2, 0.25) is 5.91 Å². The quantitative estimate of drug-likeness (QED) is 0.536. The zero-order valence-corrected chi connectivity index (χ0v) is 14.0. The van der Waals surface area contributed by atoms with Gasteiger partial charge in [0.25, 0.3) is 5.69 Å². The highest BCUT2D eigenvalue weighted by Gasteiger charge is 2.25. The second-order valence-electron chi connectivity index (χ2n) is 5.74. The van der Waals surface area contributed by atoms with Gasteiger partial charge in [-0.3, -0.25) is 19.9 Å². The number of nitro groups is 1. The molecule has 1 amide bonds. The van der Waals surface area contributed by atoms with E-state index in [9.17, 15) is 20.0 Å². The van der Waals surface area contributed by atoms with E-state index in [1.54, 1.807) is 12.1 Å². The Morgan fingerprint density at radius 1 is 1.38 bits per heavy atom. The first kappa shape index (κ1) is 17.4. The van der Waals surface area contributed by atoms with Crippen molar-refractivity contribution in [1.82, 2.24) is 10.3 Å². The highest BCUT2D eigenvalue weighted by Crippen LogP contribution is 2.38. The van der Waals surface area contributed by atoms with Gasteiger partial charge in [0.15, 0.2) is 0 Å². The van der Waals surface area contributed by atoms with E-state index >= 15 is 0 Å². The number of nitro benzene ring substituents is 1. The first-order chi connectivity index (χ1) is 12.5. The van der Waals surface area contributed by atoms with Gasteiger partial charge in [-0.15, -0.1) is 0 Å². The lowest BCUT2D eigenvalue weighted by Crippen LogP contribution is -2.29. The number of hydrogen-bond donors (Lipinski definition) is 1. The maximum absolute atomic E-state index is 12.9. The van der Waals surface area contributed by atoms with Gasteiger partial charge in [0, 0.05) is 18.7 Å².